The Labute approximate surface area is 233 Å². The number of carbonyl (C=O) groups is 2. The van der Waals surface area contributed by atoms with Gasteiger partial charge in [-0.1, -0.05) is 42.5 Å². The first-order valence-corrected chi connectivity index (χ1v) is 13.4. The molecular formula is C31H30N4O3S. The number of hydrogen-bond donors (Lipinski definition) is 1. The molecule has 0 aliphatic carbocycles. The molecule has 1 N–H and O–H groups in total. The van der Waals surface area contributed by atoms with Crippen LogP contribution in [0.3, 0.4) is 0 Å². The number of ether oxygens (including phenoxy) is 1. The van der Waals surface area contributed by atoms with Crippen LogP contribution in [0.25, 0.3) is 11.1 Å². The fourth-order valence-electron chi connectivity index (χ4n) is 4.50. The van der Waals surface area contributed by atoms with Gasteiger partial charge in [0.05, 0.1) is 12.0 Å². The highest BCUT2D eigenvalue weighted by molar-refractivity contribution is 8.00. The maximum Gasteiger partial charge on any atom is 0.329 e. The molecule has 8 heteroatoms. The van der Waals surface area contributed by atoms with Crippen molar-refractivity contribution in [1.29, 1.82) is 0 Å². The second-order valence-corrected chi connectivity index (χ2v) is 10.2. The zero-order valence-electron chi connectivity index (χ0n) is 22.1. The lowest BCUT2D eigenvalue weighted by Gasteiger charge is -2.19. The smallest absolute Gasteiger partial charge is 0.329 e. The monoisotopic (exact) mass is 538 g/mol. The predicted octanol–water partition coefficient (Wildman–Crippen LogP) is 6.63. The lowest BCUT2D eigenvalue weighted by molar-refractivity contribution is 0.0827. The molecule has 1 aliphatic heterocycles. The third-order valence-electron chi connectivity index (χ3n) is 6.53. The number of anilines is 3. The Kier molecular flexibility index (Phi) is 7.74. The van der Waals surface area contributed by atoms with Crippen molar-refractivity contribution in [2.75, 3.05) is 48.8 Å². The minimum absolute atomic E-state index is 0.0321. The summed E-state index contributed by atoms with van der Waals surface area (Å²) in [6, 6.07) is 31.1. The Balaban J connectivity index is 1.33. The van der Waals surface area contributed by atoms with Crippen LogP contribution in [0, 0.1) is 0 Å². The summed E-state index contributed by atoms with van der Waals surface area (Å²) >= 11 is 1.43. The van der Waals surface area contributed by atoms with Gasteiger partial charge in [-0.15, -0.1) is 0 Å². The van der Waals surface area contributed by atoms with Gasteiger partial charge in [-0.3, -0.25) is 14.6 Å². The summed E-state index contributed by atoms with van der Waals surface area (Å²) in [6.07, 6.45) is 0. The quantitative estimate of drug-likeness (QED) is 0.255. The van der Waals surface area contributed by atoms with Gasteiger partial charge in [0.1, 0.15) is 5.75 Å². The third kappa shape index (κ3) is 5.71. The van der Waals surface area contributed by atoms with Gasteiger partial charge in [-0.05, 0) is 77.7 Å². The molecule has 1 aliphatic rings. The van der Waals surface area contributed by atoms with Crippen LogP contribution >= 0.6 is 11.9 Å². The summed E-state index contributed by atoms with van der Waals surface area (Å²) in [5.74, 6) is 0.700. The summed E-state index contributed by atoms with van der Waals surface area (Å²) in [5.41, 5.74) is 5.18. The largest absolute Gasteiger partial charge is 0.496 e. The zero-order valence-corrected chi connectivity index (χ0v) is 22.9. The number of nitrogens with one attached hydrogen (secondary N) is 1. The summed E-state index contributed by atoms with van der Waals surface area (Å²) in [5, 5.41) is 0. The molecule has 5 rings (SSSR count). The van der Waals surface area contributed by atoms with Crippen LogP contribution in [0.1, 0.15) is 10.4 Å². The van der Waals surface area contributed by atoms with Crippen LogP contribution in [0.4, 0.5) is 21.9 Å². The molecule has 0 bridgehead atoms. The Morgan fingerprint density at radius 2 is 1.51 bits per heavy atom. The van der Waals surface area contributed by atoms with Crippen LogP contribution in [0.15, 0.2) is 102 Å². The highest BCUT2D eigenvalue weighted by Crippen LogP contribution is 2.35. The molecule has 1 heterocycles. The van der Waals surface area contributed by atoms with E-state index in [2.05, 4.69) is 4.72 Å². The molecule has 4 aromatic carbocycles. The van der Waals surface area contributed by atoms with E-state index in [0.717, 1.165) is 38.8 Å². The molecule has 0 saturated carbocycles. The normalized spacial score (nSPS) is 12.9. The fourth-order valence-corrected chi connectivity index (χ4v) is 5.29. The molecule has 7 nitrogen and oxygen atoms in total. The van der Waals surface area contributed by atoms with Gasteiger partial charge in [-0.25, -0.2) is 4.79 Å². The SMILES string of the molecule is COc1ccc(-c2cccc(C(=O)N(C)C)c2)cc1SNc1cccc(N2CCN(c3ccccc3)C2=O)c1. The van der Waals surface area contributed by atoms with Gasteiger partial charge in [0.2, 0.25) is 0 Å². The highest BCUT2D eigenvalue weighted by Gasteiger charge is 2.30. The van der Waals surface area contributed by atoms with E-state index in [4.69, 9.17) is 4.74 Å². The molecule has 1 fully saturated rings. The van der Waals surface area contributed by atoms with E-state index < -0.39 is 0 Å². The van der Waals surface area contributed by atoms with E-state index in [0.29, 0.717) is 18.7 Å². The minimum atomic E-state index is -0.0371. The van der Waals surface area contributed by atoms with Crippen molar-refractivity contribution >= 4 is 40.9 Å². The van der Waals surface area contributed by atoms with Crippen molar-refractivity contribution in [3.8, 4) is 16.9 Å². The van der Waals surface area contributed by atoms with E-state index in [9.17, 15) is 9.59 Å². The predicted molar refractivity (Wildman–Crippen MR) is 159 cm³/mol. The Bertz CT molecular complexity index is 1490. The standard InChI is InChI=1S/C31H30N4O3S/c1-33(2)30(36)24-10-7-9-22(19-24)23-15-16-28(38-3)29(20-23)39-32-25-11-8-14-27(21-25)35-18-17-34(31(35)37)26-12-5-4-6-13-26/h4-16,19-21,32H,17-18H2,1-3H3. The first-order chi connectivity index (χ1) is 18.9. The van der Waals surface area contributed by atoms with Crippen LogP contribution < -0.4 is 19.3 Å². The Hall–Kier alpha value is -4.43. The summed E-state index contributed by atoms with van der Waals surface area (Å²) in [6.45, 7) is 1.26. The molecule has 0 spiro atoms. The van der Waals surface area contributed by atoms with E-state index in [1.807, 2.05) is 97.1 Å². The minimum Gasteiger partial charge on any atom is -0.496 e. The van der Waals surface area contributed by atoms with Crippen molar-refractivity contribution in [2.24, 2.45) is 0 Å². The number of carbonyl (C=O) groups excluding carboxylic acids is 2. The lowest BCUT2D eigenvalue weighted by atomic mass is 10.0. The molecule has 1 saturated heterocycles. The molecule has 198 valence electrons. The maximum absolute atomic E-state index is 13.1. The first-order valence-electron chi connectivity index (χ1n) is 12.6. The van der Waals surface area contributed by atoms with Gasteiger partial charge >= 0.3 is 6.03 Å². The summed E-state index contributed by atoms with van der Waals surface area (Å²) < 4.78 is 9.02. The van der Waals surface area contributed by atoms with E-state index in [1.165, 1.54) is 11.9 Å². The zero-order chi connectivity index (χ0) is 27.4. The number of amides is 3. The summed E-state index contributed by atoms with van der Waals surface area (Å²) in [7, 11) is 5.14. The van der Waals surface area contributed by atoms with E-state index >= 15 is 0 Å². The second-order valence-electron chi connectivity index (χ2n) is 9.32. The van der Waals surface area contributed by atoms with Crippen molar-refractivity contribution in [2.45, 2.75) is 4.90 Å². The number of para-hydroxylation sites is 1. The molecule has 3 amide bonds. The number of rotatable bonds is 8. The molecule has 4 aromatic rings. The number of nitrogens with zero attached hydrogens (tertiary/aromatic N) is 3. The van der Waals surface area contributed by atoms with E-state index in [-0.39, 0.29) is 11.9 Å². The molecular weight excluding hydrogens is 508 g/mol. The van der Waals surface area contributed by atoms with Gasteiger partial charge in [0.25, 0.3) is 5.91 Å². The molecule has 0 atom stereocenters. The highest BCUT2D eigenvalue weighted by atomic mass is 32.2. The number of hydrogen-bond acceptors (Lipinski definition) is 5. The van der Waals surface area contributed by atoms with Crippen molar-refractivity contribution < 1.29 is 14.3 Å². The van der Waals surface area contributed by atoms with Crippen molar-refractivity contribution in [3.05, 3.63) is 103 Å². The Morgan fingerprint density at radius 1 is 0.821 bits per heavy atom. The summed E-state index contributed by atoms with van der Waals surface area (Å²) in [4.78, 5) is 31.7. The van der Waals surface area contributed by atoms with Gasteiger partial charge in [0.15, 0.2) is 0 Å². The first kappa shape index (κ1) is 26.2. The molecule has 0 aromatic heterocycles. The van der Waals surface area contributed by atoms with E-state index in [1.54, 1.807) is 35.9 Å². The van der Waals surface area contributed by atoms with Crippen LogP contribution in [0.2, 0.25) is 0 Å². The number of methoxy groups -OCH3 is 1. The molecule has 0 radical (unpaired) electrons. The van der Waals surface area contributed by atoms with Crippen LogP contribution in [-0.4, -0.2) is 51.1 Å². The van der Waals surface area contributed by atoms with Gasteiger partial charge < -0.3 is 14.4 Å². The molecule has 39 heavy (non-hydrogen) atoms. The van der Waals surface area contributed by atoms with Gasteiger partial charge in [-0.2, -0.15) is 0 Å². The lowest BCUT2D eigenvalue weighted by Crippen LogP contribution is -2.31. The van der Waals surface area contributed by atoms with Crippen molar-refractivity contribution in [3.63, 3.8) is 0 Å². The average Bonchev–Trinajstić information content (AvgIpc) is 3.37. The average molecular weight is 539 g/mol. The number of benzene rings is 4. The van der Waals surface area contributed by atoms with Crippen LogP contribution in [-0.2, 0) is 0 Å². The second kappa shape index (κ2) is 11.5. The fraction of sp³-hybridized carbons (Fsp3) is 0.161. The Morgan fingerprint density at radius 3 is 2.26 bits per heavy atom. The third-order valence-corrected chi connectivity index (χ3v) is 7.40. The number of urea groups is 1. The topological polar surface area (TPSA) is 65.1 Å². The van der Waals surface area contributed by atoms with Gasteiger partial charge in [0, 0.05) is 49.8 Å². The maximum atomic E-state index is 13.1. The van der Waals surface area contributed by atoms with Crippen LogP contribution in [0.5, 0.6) is 5.75 Å². The molecule has 0 unspecified atom stereocenters. The van der Waals surface area contributed by atoms with Crippen molar-refractivity contribution in [1.82, 2.24) is 4.90 Å².